The van der Waals surface area contributed by atoms with E-state index in [9.17, 15) is 13.9 Å². The molecule has 1 aliphatic carbocycles. The summed E-state index contributed by atoms with van der Waals surface area (Å²) in [6.07, 6.45) is 6.08. The van der Waals surface area contributed by atoms with E-state index in [-0.39, 0.29) is 5.83 Å². The van der Waals surface area contributed by atoms with E-state index in [4.69, 9.17) is 0 Å². The summed E-state index contributed by atoms with van der Waals surface area (Å²) in [6.45, 7) is 0. The molecule has 3 atom stereocenters. The van der Waals surface area contributed by atoms with E-state index >= 15 is 0 Å². The van der Waals surface area contributed by atoms with Gasteiger partial charge < -0.3 is 0 Å². The molecule has 1 saturated heterocycles. The smallest absolute Gasteiger partial charge is 0.145 e. The average Bonchev–Trinajstić information content (AvgIpc) is 3.09. The number of halogens is 1. The number of hydrogen-bond acceptors (Lipinski definition) is 3. The summed E-state index contributed by atoms with van der Waals surface area (Å²) in [5.41, 5.74) is 0.868. The molecule has 1 aliphatic heterocycles. The lowest BCUT2D eigenvalue weighted by atomic mass is 9.84. The van der Waals surface area contributed by atoms with Gasteiger partial charge in [-0.3, -0.25) is 4.21 Å². The van der Waals surface area contributed by atoms with Gasteiger partial charge in [-0.15, -0.1) is 11.8 Å². The van der Waals surface area contributed by atoms with Crippen molar-refractivity contribution in [2.75, 3.05) is 6.26 Å². The minimum absolute atomic E-state index is 0.320. The predicted octanol–water partition coefficient (Wildman–Crippen LogP) is 3.05. The summed E-state index contributed by atoms with van der Waals surface area (Å²) in [5.74, 6) is -0.320. The van der Waals surface area contributed by atoms with Crippen molar-refractivity contribution in [2.24, 2.45) is 0 Å². The largest absolute Gasteiger partial charge is 0.255 e. The van der Waals surface area contributed by atoms with Crippen molar-refractivity contribution >= 4 is 22.6 Å². The van der Waals surface area contributed by atoms with Crippen LogP contribution in [0.4, 0.5) is 4.39 Å². The Balaban J connectivity index is 2.05. The molecule has 19 heavy (non-hydrogen) atoms. The summed E-state index contributed by atoms with van der Waals surface area (Å²) in [7, 11) is -1.04. The third-order valence-electron chi connectivity index (χ3n) is 3.43. The summed E-state index contributed by atoms with van der Waals surface area (Å²) in [6, 6.07) is 9.45. The fraction of sp³-hybridized carbons (Fsp3) is 0.214. The quantitative estimate of drug-likeness (QED) is 0.786. The van der Waals surface area contributed by atoms with Crippen molar-refractivity contribution in [1.29, 1.82) is 5.26 Å². The van der Waals surface area contributed by atoms with E-state index in [0.29, 0.717) is 0 Å². The normalized spacial score (nSPS) is 33.0. The molecule has 3 unspecified atom stereocenters. The van der Waals surface area contributed by atoms with Gasteiger partial charge in [-0.2, -0.15) is 5.26 Å². The van der Waals surface area contributed by atoms with Gasteiger partial charge in [0.05, 0.1) is 10.8 Å². The number of allylic oxidation sites excluding steroid dienone is 2. The third-order valence-corrected chi connectivity index (χ3v) is 6.03. The molecule has 2 nitrogen and oxygen atoms in total. The minimum atomic E-state index is -1.04. The van der Waals surface area contributed by atoms with Crippen LogP contribution in [0.25, 0.3) is 0 Å². The molecule has 2 aliphatic rings. The van der Waals surface area contributed by atoms with Crippen molar-refractivity contribution in [3.63, 3.8) is 0 Å². The Labute approximate surface area is 117 Å². The maximum Gasteiger partial charge on any atom is 0.145 e. The van der Waals surface area contributed by atoms with Crippen LogP contribution in [0.1, 0.15) is 5.56 Å². The van der Waals surface area contributed by atoms with Crippen molar-refractivity contribution in [3.05, 3.63) is 53.9 Å². The Morgan fingerprint density at radius 1 is 1.37 bits per heavy atom. The Morgan fingerprint density at radius 3 is 2.63 bits per heavy atom. The van der Waals surface area contributed by atoms with Crippen LogP contribution < -0.4 is 0 Å². The lowest BCUT2D eigenvalue weighted by Crippen LogP contribution is -2.21. The minimum Gasteiger partial charge on any atom is -0.255 e. The Morgan fingerprint density at radius 2 is 2.05 bits per heavy atom. The zero-order chi connectivity index (χ0) is 13.7. The molecule has 0 saturated carbocycles. The standard InChI is InChI=1S/C14H10FNOS2/c1-19(17)12-4-2-10(3-5-12)14-8-11(15)6-7-13(14,9-16)18-14/h2-8H,1H3. The predicted molar refractivity (Wildman–Crippen MR) is 74.7 cm³/mol. The van der Waals surface area contributed by atoms with Crippen molar-refractivity contribution in [1.82, 2.24) is 0 Å². The van der Waals surface area contributed by atoms with Crippen molar-refractivity contribution in [3.8, 4) is 6.07 Å². The highest BCUT2D eigenvalue weighted by atomic mass is 32.2. The Kier molecular flexibility index (Phi) is 2.70. The van der Waals surface area contributed by atoms with E-state index in [1.54, 1.807) is 24.5 Å². The molecule has 0 amide bonds. The second-order valence-electron chi connectivity index (χ2n) is 4.53. The summed E-state index contributed by atoms with van der Waals surface area (Å²) in [5, 5.41) is 9.33. The van der Waals surface area contributed by atoms with Gasteiger partial charge in [-0.1, -0.05) is 12.1 Å². The van der Waals surface area contributed by atoms with Crippen LogP contribution in [-0.2, 0) is 15.5 Å². The Hall–Kier alpha value is -1.38. The maximum absolute atomic E-state index is 13.5. The molecular formula is C14H10FNOS2. The van der Waals surface area contributed by atoms with Crippen LogP contribution in [0.2, 0.25) is 0 Å². The molecule has 0 aromatic heterocycles. The van der Waals surface area contributed by atoms with Crippen LogP contribution >= 0.6 is 11.8 Å². The van der Waals surface area contributed by atoms with E-state index in [1.165, 1.54) is 23.9 Å². The Bertz CT molecular complexity index is 674. The lowest BCUT2D eigenvalue weighted by Gasteiger charge is -2.16. The van der Waals surface area contributed by atoms with Crippen molar-refractivity contribution < 1.29 is 8.60 Å². The summed E-state index contributed by atoms with van der Waals surface area (Å²) in [4.78, 5) is 0.726. The number of rotatable bonds is 2. The molecule has 96 valence electrons. The highest BCUT2D eigenvalue weighted by Gasteiger charge is 2.69. The van der Waals surface area contributed by atoms with Crippen LogP contribution in [0, 0.1) is 11.3 Å². The molecule has 0 N–H and O–H groups in total. The molecule has 0 spiro atoms. The molecule has 5 heteroatoms. The molecular weight excluding hydrogens is 281 g/mol. The summed E-state index contributed by atoms with van der Waals surface area (Å²) < 4.78 is 23.5. The van der Waals surface area contributed by atoms with Crippen LogP contribution in [0.15, 0.2) is 53.2 Å². The maximum atomic E-state index is 13.5. The molecule has 0 bridgehead atoms. The van der Waals surface area contributed by atoms with E-state index in [0.717, 1.165) is 10.5 Å². The van der Waals surface area contributed by atoms with Gasteiger partial charge in [0.15, 0.2) is 0 Å². The first-order chi connectivity index (χ1) is 9.03. The third kappa shape index (κ3) is 1.71. The number of thioether (sulfide) groups is 1. The highest BCUT2D eigenvalue weighted by Crippen LogP contribution is 2.73. The van der Waals surface area contributed by atoms with Gasteiger partial charge in [-0.25, -0.2) is 4.39 Å². The number of hydrogen-bond donors (Lipinski definition) is 0. The van der Waals surface area contributed by atoms with Crippen LogP contribution in [0.3, 0.4) is 0 Å². The van der Waals surface area contributed by atoms with Crippen LogP contribution in [0.5, 0.6) is 0 Å². The van der Waals surface area contributed by atoms with Crippen molar-refractivity contribution in [2.45, 2.75) is 14.4 Å². The van der Waals surface area contributed by atoms with E-state index < -0.39 is 20.3 Å². The highest BCUT2D eigenvalue weighted by molar-refractivity contribution is 8.09. The monoisotopic (exact) mass is 291 g/mol. The molecule has 1 aromatic carbocycles. The number of benzene rings is 1. The second-order valence-corrected chi connectivity index (χ2v) is 7.40. The molecule has 0 radical (unpaired) electrons. The van der Waals surface area contributed by atoms with E-state index in [2.05, 4.69) is 6.07 Å². The first kappa shape index (κ1) is 12.6. The average molecular weight is 291 g/mol. The molecule has 1 fully saturated rings. The van der Waals surface area contributed by atoms with Gasteiger partial charge in [0, 0.05) is 22.0 Å². The first-order valence-corrected chi connectivity index (χ1v) is 8.03. The van der Waals surface area contributed by atoms with Gasteiger partial charge in [0.2, 0.25) is 0 Å². The zero-order valence-corrected chi connectivity index (χ0v) is 11.7. The van der Waals surface area contributed by atoms with Gasteiger partial charge in [0.1, 0.15) is 10.6 Å². The molecule has 1 heterocycles. The molecule has 3 rings (SSSR count). The van der Waals surface area contributed by atoms with Gasteiger partial charge >= 0.3 is 0 Å². The van der Waals surface area contributed by atoms with E-state index in [1.807, 2.05) is 12.1 Å². The molecule has 1 aromatic rings. The summed E-state index contributed by atoms with van der Waals surface area (Å²) >= 11 is 1.42. The second kappa shape index (κ2) is 4.06. The fourth-order valence-corrected chi connectivity index (χ4v) is 4.23. The van der Waals surface area contributed by atoms with Crippen LogP contribution in [-0.4, -0.2) is 15.2 Å². The number of nitriles is 1. The number of nitrogens with zero attached hydrogens (tertiary/aromatic N) is 1. The first-order valence-electron chi connectivity index (χ1n) is 5.66. The SMILES string of the molecule is CS(=O)c1ccc(C23C=C(F)C=CC2(C#N)S3)cc1. The lowest BCUT2D eigenvalue weighted by molar-refractivity contribution is 0.634. The van der Waals surface area contributed by atoms with Gasteiger partial charge in [0.25, 0.3) is 0 Å². The zero-order valence-electron chi connectivity index (χ0n) is 10.1. The van der Waals surface area contributed by atoms with Gasteiger partial charge in [-0.05, 0) is 35.9 Å². The number of fused-ring (bicyclic) bond motifs is 1. The topological polar surface area (TPSA) is 40.9 Å². The fourth-order valence-electron chi connectivity index (χ4n) is 2.36.